The molecule has 3 nitrogen and oxygen atoms in total. The third-order valence-electron chi connectivity index (χ3n) is 8.76. The van der Waals surface area contributed by atoms with Crippen LogP contribution >= 0.6 is 0 Å². The molecule has 3 heteroatoms. The van der Waals surface area contributed by atoms with Crippen molar-refractivity contribution in [3.05, 3.63) is 65.4 Å². The summed E-state index contributed by atoms with van der Waals surface area (Å²) >= 11 is 0. The number of nitrogens with one attached hydrogen (secondary N) is 1. The third kappa shape index (κ3) is 5.89. The van der Waals surface area contributed by atoms with Crippen molar-refractivity contribution < 1.29 is 4.74 Å². The summed E-state index contributed by atoms with van der Waals surface area (Å²) in [7, 11) is 0. The van der Waals surface area contributed by atoms with Crippen molar-refractivity contribution in [1.29, 1.82) is 0 Å². The Balaban J connectivity index is 1.59. The highest BCUT2D eigenvalue weighted by Crippen LogP contribution is 2.38. The first kappa shape index (κ1) is 26.9. The second-order valence-electron chi connectivity index (χ2n) is 12.1. The highest BCUT2D eigenvalue weighted by atomic mass is 16.5. The van der Waals surface area contributed by atoms with Gasteiger partial charge < -0.3 is 14.6 Å². The maximum atomic E-state index is 5.69. The Morgan fingerprint density at radius 2 is 2.00 bits per heavy atom. The van der Waals surface area contributed by atoms with Gasteiger partial charge in [-0.2, -0.15) is 0 Å². The van der Waals surface area contributed by atoms with Crippen LogP contribution in [0.25, 0.3) is 16.5 Å². The van der Waals surface area contributed by atoms with E-state index in [1.807, 2.05) is 6.08 Å². The maximum absolute atomic E-state index is 5.69. The molecular formula is C33H48N2O. The number of aromatic nitrogens is 1. The first-order valence-corrected chi connectivity index (χ1v) is 14.2. The van der Waals surface area contributed by atoms with Gasteiger partial charge in [-0.15, -0.1) is 0 Å². The smallest absolute Gasteiger partial charge is 0.0532 e. The Kier molecular flexibility index (Phi) is 8.63. The molecule has 0 amide bonds. The van der Waals surface area contributed by atoms with Gasteiger partial charge in [0, 0.05) is 35.2 Å². The number of fused-ring (bicyclic) bond motifs is 1. The summed E-state index contributed by atoms with van der Waals surface area (Å²) < 4.78 is 5.69. The summed E-state index contributed by atoms with van der Waals surface area (Å²) in [5.74, 6) is 1.66. The number of nitrogens with zero attached hydrogens (tertiary/aromatic N) is 1. The predicted molar refractivity (Wildman–Crippen MR) is 156 cm³/mol. The minimum Gasteiger partial charge on any atom is -0.381 e. The van der Waals surface area contributed by atoms with E-state index >= 15 is 0 Å². The van der Waals surface area contributed by atoms with Crippen LogP contribution in [0.5, 0.6) is 0 Å². The molecule has 0 saturated carbocycles. The number of aromatic amines is 1. The van der Waals surface area contributed by atoms with E-state index in [1.165, 1.54) is 77.8 Å². The monoisotopic (exact) mass is 488 g/mol. The molecule has 1 aromatic heterocycles. The van der Waals surface area contributed by atoms with Crippen LogP contribution in [0.4, 0.5) is 0 Å². The fraction of sp³-hybridized carbons (Fsp3) is 0.576. The lowest BCUT2D eigenvalue weighted by molar-refractivity contribution is 0.107. The van der Waals surface area contributed by atoms with Gasteiger partial charge in [0.05, 0.1) is 6.61 Å². The molecule has 0 spiro atoms. The number of hydrogen-bond acceptors (Lipinski definition) is 2. The number of likely N-dealkylation sites (tertiary alicyclic amines) is 1. The molecule has 0 aliphatic carbocycles. The molecule has 2 atom stereocenters. The van der Waals surface area contributed by atoms with Gasteiger partial charge in [-0.25, -0.2) is 0 Å². The van der Waals surface area contributed by atoms with E-state index in [4.69, 9.17) is 4.74 Å². The summed E-state index contributed by atoms with van der Waals surface area (Å²) in [6.45, 7) is 23.3. The van der Waals surface area contributed by atoms with Crippen molar-refractivity contribution in [2.24, 2.45) is 11.3 Å². The van der Waals surface area contributed by atoms with E-state index in [-0.39, 0.29) is 0 Å². The fourth-order valence-electron chi connectivity index (χ4n) is 6.15. The molecule has 1 N–H and O–H groups in total. The molecule has 36 heavy (non-hydrogen) atoms. The van der Waals surface area contributed by atoms with Gasteiger partial charge in [-0.1, -0.05) is 71.1 Å². The molecule has 2 fully saturated rings. The molecule has 3 heterocycles. The lowest BCUT2D eigenvalue weighted by atomic mass is 9.85. The summed E-state index contributed by atoms with van der Waals surface area (Å²) in [6, 6.07) is 7.18. The number of H-pyrrole nitrogens is 1. The van der Waals surface area contributed by atoms with Gasteiger partial charge in [0.1, 0.15) is 0 Å². The second-order valence-corrected chi connectivity index (χ2v) is 12.1. The molecule has 2 saturated heterocycles. The van der Waals surface area contributed by atoms with Crippen LogP contribution in [0.1, 0.15) is 95.9 Å². The number of piperidine rings is 1. The number of ether oxygens (including phenoxy) is 1. The largest absolute Gasteiger partial charge is 0.381 e. The Morgan fingerprint density at radius 3 is 2.61 bits per heavy atom. The molecule has 1 aromatic carbocycles. The van der Waals surface area contributed by atoms with E-state index in [0.29, 0.717) is 23.2 Å². The minimum absolute atomic E-state index is 0.345. The van der Waals surface area contributed by atoms with Crippen molar-refractivity contribution in [3.63, 3.8) is 0 Å². The number of rotatable bonds is 9. The highest BCUT2D eigenvalue weighted by Gasteiger charge is 2.33. The molecule has 4 rings (SSSR count). The molecule has 196 valence electrons. The highest BCUT2D eigenvalue weighted by molar-refractivity contribution is 5.92. The van der Waals surface area contributed by atoms with E-state index in [0.717, 1.165) is 19.6 Å². The fourth-order valence-corrected chi connectivity index (χ4v) is 6.15. The van der Waals surface area contributed by atoms with Crippen molar-refractivity contribution in [1.82, 2.24) is 9.88 Å². The average molecular weight is 489 g/mol. The van der Waals surface area contributed by atoms with Crippen LogP contribution in [0.15, 0.2) is 48.6 Å². The van der Waals surface area contributed by atoms with Crippen molar-refractivity contribution in [3.8, 4) is 0 Å². The van der Waals surface area contributed by atoms with Crippen LogP contribution < -0.4 is 0 Å². The molecular weight excluding hydrogens is 440 g/mol. The quantitative estimate of drug-likeness (QED) is 0.359. The Bertz CT molecular complexity index is 1100. The lowest BCUT2D eigenvalue weighted by Crippen LogP contribution is -2.40. The predicted octanol–water partition coefficient (Wildman–Crippen LogP) is 8.46. The Hall–Kier alpha value is -2.10. The van der Waals surface area contributed by atoms with Gasteiger partial charge in [0.25, 0.3) is 0 Å². The van der Waals surface area contributed by atoms with E-state index in [9.17, 15) is 0 Å². The number of allylic oxidation sites excluding steroid dienone is 5. The summed E-state index contributed by atoms with van der Waals surface area (Å²) in [4.78, 5) is 6.47. The Labute approximate surface area is 219 Å². The van der Waals surface area contributed by atoms with Gasteiger partial charge >= 0.3 is 0 Å². The summed E-state index contributed by atoms with van der Waals surface area (Å²) in [5, 5.41) is 1.39. The first-order chi connectivity index (χ1) is 17.2. The zero-order valence-corrected chi connectivity index (χ0v) is 23.6. The van der Waals surface area contributed by atoms with Gasteiger partial charge in [0.15, 0.2) is 0 Å². The zero-order valence-electron chi connectivity index (χ0n) is 23.6. The Morgan fingerprint density at radius 1 is 1.25 bits per heavy atom. The molecule has 0 radical (unpaired) electrons. The van der Waals surface area contributed by atoms with Crippen LogP contribution in [-0.4, -0.2) is 42.7 Å². The van der Waals surface area contributed by atoms with Crippen molar-refractivity contribution in [2.45, 2.75) is 79.1 Å². The standard InChI is InChI=1S/C33H48N2O/c1-8-10-28(19-25(6)24(5)9-2)32-31(23(3)4)29-20-27(11-12-30(29)34-32)26-13-16-35(17-14-26)21-33(7)15-18-36-22-33/h8,10-12,19-20,23-24,26,34H,1,9,13-18,21-22H2,2-7H3/b25-19-,28-10+. The van der Waals surface area contributed by atoms with E-state index in [1.54, 1.807) is 0 Å². The first-order valence-electron chi connectivity index (χ1n) is 14.2. The van der Waals surface area contributed by atoms with Crippen molar-refractivity contribution >= 4 is 16.5 Å². The topological polar surface area (TPSA) is 28.3 Å². The van der Waals surface area contributed by atoms with Crippen molar-refractivity contribution in [2.75, 3.05) is 32.8 Å². The van der Waals surface area contributed by atoms with Gasteiger partial charge in [-0.3, -0.25) is 0 Å². The molecule has 2 aliphatic heterocycles. The molecule has 2 aromatic rings. The van der Waals surface area contributed by atoms with Crippen LogP contribution in [-0.2, 0) is 4.74 Å². The minimum atomic E-state index is 0.345. The summed E-state index contributed by atoms with van der Waals surface area (Å²) in [6.07, 6.45) is 11.3. The van der Waals surface area contributed by atoms with Gasteiger partial charge in [-0.05, 0) is 92.3 Å². The second kappa shape index (κ2) is 11.5. The lowest BCUT2D eigenvalue weighted by Gasteiger charge is -2.37. The van der Waals surface area contributed by atoms with E-state index in [2.05, 4.69) is 88.4 Å². The van der Waals surface area contributed by atoms with Crippen LogP contribution in [0.3, 0.4) is 0 Å². The molecule has 2 unspecified atom stereocenters. The molecule has 0 bridgehead atoms. The summed E-state index contributed by atoms with van der Waals surface area (Å²) in [5.41, 5.74) is 8.43. The SMILES string of the molecule is C=C/C=C(\C=C(\C)C(C)CC)c1[nH]c2ccc(C3CCN(CC4(C)CCOC4)CC3)cc2c1C(C)C. The number of benzene rings is 1. The zero-order chi connectivity index (χ0) is 25.9. The third-order valence-corrected chi connectivity index (χ3v) is 8.76. The maximum Gasteiger partial charge on any atom is 0.0532 e. The number of hydrogen-bond donors (Lipinski definition) is 1. The normalized spacial score (nSPS) is 23.6. The van der Waals surface area contributed by atoms with Gasteiger partial charge in [0.2, 0.25) is 0 Å². The van der Waals surface area contributed by atoms with Crippen LogP contribution in [0, 0.1) is 11.3 Å². The van der Waals surface area contributed by atoms with E-state index < -0.39 is 0 Å². The van der Waals surface area contributed by atoms with Crippen LogP contribution in [0.2, 0.25) is 0 Å². The average Bonchev–Trinajstić information content (AvgIpc) is 3.46. The molecule has 2 aliphatic rings.